The van der Waals surface area contributed by atoms with Gasteiger partial charge in [0.05, 0.1) is 5.41 Å². The summed E-state index contributed by atoms with van der Waals surface area (Å²) >= 11 is 0. The van der Waals surface area contributed by atoms with E-state index in [1.54, 1.807) is 4.90 Å². The zero-order valence-corrected chi connectivity index (χ0v) is 22.2. The van der Waals surface area contributed by atoms with Crippen LogP contribution in [0.4, 0.5) is 10.5 Å². The van der Waals surface area contributed by atoms with Crippen LogP contribution in [0.25, 0.3) is 0 Å². The molecule has 1 amide bonds. The van der Waals surface area contributed by atoms with E-state index >= 15 is 0 Å². The van der Waals surface area contributed by atoms with Crippen molar-refractivity contribution < 1.29 is 19.1 Å². The van der Waals surface area contributed by atoms with Gasteiger partial charge in [0.25, 0.3) is 0 Å². The summed E-state index contributed by atoms with van der Waals surface area (Å²) in [7, 11) is 0. The molecule has 194 valence electrons. The zero-order chi connectivity index (χ0) is 25.2. The van der Waals surface area contributed by atoms with Gasteiger partial charge in [0.15, 0.2) is 0 Å². The van der Waals surface area contributed by atoms with Crippen molar-refractivity contribution in [3.8, 4) is 0 Å². The fraction of sp³-hybridized carbons (Fsp3) is 0.714. The standard InChI is InChI=1S/C28H43N3O4/c1-21(2)23-8-6-7-9-24(23)30-18-16-29(17-19-30)13-10-22-20-28(25(32)34-22)11-14-31(15-12-28)26(33)35-27(3,4)5/h6-9,21-22H,10-20H2,1-5H3/t22-/m0/s1. The maximum absolute atomic E-state index is 12.8. The number of ether oxygens (including phenoxy) is 2. The highest BCUT2D eigenvalue weighted by molar-refractivity contribution is 5.79. The van der Waals surface area contributed by atoms with E-state index in [0.29, 0.717) is 31.8 Å². The Morgan fingerprint density at radius 3 is 2.37 bits per heavy atom. The summed E-state index contributed by atoms with van der Waals surface area (Å²) in [5, 5.41) is 0. The highest BCUT2D eigenvalue weighted by atomic mass is 16.6. The monoisotopic (exact) mass is 485 g/mol. The molecule has 0 radical (unpaired) electrons. The molecule has 0 aromatic heterocycles. The summed E-state index contributed by atoms with van der Waals surface area (Å²) in [5.41, 5.74) is 1.85. The molecular weight excluding hydrogens is 442 g/mol. The van der Waals surface area contributed by atoms with Crippen LogP contribution in [0.5, 0.6) is 0 Å². The number of hydrogen-bond donors (Lipinski definition) is 0. The predicted octanol–water partition coefficient (Wildman–Crippen LogP) is 4.65. The van der Waals surface area contributed by atoms with Crippen LogP contribution < -0.4 is 4.90 Å². The Balaban J connectivity index is 1.22. The fourth-order valence-corrected chi connectivity index (χ4v) is 5.65. The second-order valence-electron chi connectivity index (χ2n) is 11.8. The number of nitrogens with zero attached hydrogens (tertiary/aromatic N) is 3. The van der Waals surface area contributed by atoms with Gasteiger partial charge in [-0.15, -0.1) is 0 Å². The molecule has 3 heterocycles. The van der Waals surface area contributed by atoms with Crippen LogP contribution in [-0.2, 0) is 14.3 Å². The molecule has 7 nitrogen and oxygen atoms in total. The Kier molecular flexibility index (Phi) is 7.65. The first-order chi connectivity index (χ1) is 16.6. The fourth-order valence-electron chi connectivity index (χ4n) is 5.65. The van der Waals surface area contributed by atoms with E-state index in [9.17, 15) is 9.59 Å². The summed E-state index contributed by atoms with van der Waals surface area (Å²) in [5.74, 6) is 0.450. The van der Waals surface area contributed by atoms with E-state index in [0.717, 1.165) is 45.6 Å². The van der Waals surface area contributed by atoms with Gasteiger partial charge in [0.2, 0.25) is 0 Å². The highest BCUT2D eigenvalue weighted by Gasteiger charge is 2.51. The summed E-state index contributed by atoms with van der Waals surface area (Å²) in [6, 6.07) is 8.76. The molecule has 0 bridgehead atoms. The van der Waals surface area contributed by atoms with Crippen molar-refractivity contribution in [2.24, 2.45) is 5.41 Å². The lowest BCUT2D eigenvalue weighted by Crippen LogP contribution is -2.47. The minimum atomic E-state index is -0.507. The Morgan fingerprint density at radius 1 is 1.09 bits per heavy atom. The summed E-state index contributed by atoms with van der Waals surface area (Å²) < 4.78 is 11.3. The molecule has 3 aliphatic heterocycles. The van der Waals surface area contributed by atoms with Gasteiger partial charge in [-0.3, -0.25) is 9.69 Å². The number of piperidine rings is 1. The Labute approximate surface area is 210 Å². The summed E-state index contributed by atoms with van der Waals surface area (Å²) in [4.78, 5) is 31.9. The highest BCUT2D eigenvalue weighted by Crippen LogP contribution is 2.44. The number of rotatable bonds is 5. The third-order valence-electron chi connectivity index (χ3n) is 7.74. The van der Waals surface area contributed by atoms with Crippen molar-refractivity contribution in [2.75, 3.05) is 50.7 Å². The normalized spacial score (nSPS) is 23.1. The first-order valence-electron chi connectivity index (χ1n) is 13.3. The average molecular weight is 486 g/mol. The Morgan fingerprint density at radius 2 is 1.74 bits per heavy atom. The first kappa shape index (κ1) is 25.8. The average Bonchev–Trinajstić information content (AvgIpc) is 3.11. The van der Waals surface area contributed by atoms with E-state index in [-0.39, 0.29) is 18.2 Å². The zero-order valence-electron chi connectivity index (χ0n) is 22.2. The number of piperazine rings is 1. The molecule has 7 heteroatoms. The molecule has 1 aromatic carbocycles. The van der Waals surface area contributed by atoms with Crippen LogP contribution in [0.1, 0.15) is 71.8 Å². The molecule has 0 saturated carbocycles. The SMILES string of the molecule is CC(C)c1ccccc1N1CCN(CC[C@H]2CC3(CCN(C(=O)OC(C)(C)C)CC3)C(=O)O2)CC1. The third-order valence-corrected chi connectivity index (χ3v) is 7.74. The maximum atomic E-state index is 12.8. The van der Waals surface area contributed by atoms with E-state index in [1.165, 1.54) is 11.3 Å². The van der Waals surface area contributed by atoms with Crippen LogP contribution >= 0.6 is 0 Å². The largest absolute Gasteiger partial charge is 0.462 e. The van der Waals surface area contributed by atoms with Crippen molar-refractivity contribution in [2.45, 2.75) is 77.9 Å². The van der Waals surface area contributed by atoms with E-state index in [2.05, 4.69) is 47.9 Å². The molecule has 4 rings (SSSR count). The van der Waals surface area contributed by atoms with Crippen molar-refractivity contribution >= 4 is 17.7 Å². The topological polar surface area (TPSA) is 62.3 Å². The number of esters is 1. The number of likely N-dealkylation sites (tertiary alicyclic amines) is 1. The molecular formula is C28H43N3O4. The molecule has 1 spiro atoms. The lowest BCUT2D eigenvalue weighted by molar-refractivity contribution is -0.151. The number of benzene rings is 1. The maximum Gasteiger partial charge on any atom is 0.410 e. The second-order valence-corrected chi connectivity index (χ2v) is 11.8. The lowest BCUT2D eigenvalue weighted by Gasteiger charge is -2.38. The van der Waals surface area contributed by atoms with Crippen LogP contribution in [-0.4, -0.2) is 79.4 Å². The molecule has 0 N–H and O–H groups in total. The quantitative estimate of drug-likeness (QED) is 0.566. The number of hydrogen-bond acceptors (Lipinski definition) is 6. The molecule has 0 unspecified atom stereocenters. The molecule has 1 atom stereocenters. The molecule has 35 heavy (non-hydrogen) atoms. The van der Waals surface area contributed by atoms with E-state index in [4.69, 9.17) is 9.47 Å². The number of carbonyl (C=O) groups is 2. The molecule has 0 aliphatic carbocycles. The number of carbonyl (C=O) groups excluding carboxylic acids is 2. The molecule has 3 fully saturated rings. The Bertz CT molecular complexity index is 894. The molecule has 3 aliphatic rings. The van der Waals surface area contributed by atoms with Crippen LogP contribution in [0.15, 0.2) is 24.3 Å². The van der Waals surface area contributed by atoms with Gasteiger partial charge in [-0.2, -0.15) is 0 Å². The molecule has 1 aromatic rings. The van der Waals surface area contributed by atoms with Gasteiger partial charge in [0.1, 0.15) is 11.7 Å². The summed E-state index contributed by atoms with van der Waals surface area (Å²) in [6.07, 6.45) is 2.67. The predicted molar refractivity (Wildman–Crippen MR) is 138 cm³/mol. The van der Waals surface area contributed by atoms with E-state index in [1.807, 2.05) is 20.8 Å². The number of cyclic esters (lactones) is 1. The number of para-hydroxylation sites is 1. The van der Waals surface area contributed by atoms with Crippen molar-refractivity contribution in [3.63, 3.8) is 0 Å². The minimum absolute atomic E-state index is 0.0183. The van der Waals surface area contributed by atoms with Gasteiger partial charge in [-0.25, -0.2) is 4.79 Å². The summed E-state index contributed by atoms with van der Waals surface area (Å²) in [6.45, 7) is 16.3. The number of amides is 1. The van der Waals surface area contributed by atoms with Gasteiger partial charge >= 0.3 is 12.1 Å². The molecule has 3 saturated heterocycles. The minimum Gasteiger partial charge on any atom is -0.462 e. The Hall–Kier alpha value is -2.28. The smallest absolute Gasteiger partial charge is 0.410 e. The van der Waals surface area contributed by atoms with Crippen molar-refractivity contribution in [1.82, 2.24) is 9.80 Å². The first-order valence-corrected chi connectivity index (χ1v) is 13.3. The van der Waals surface area contributed by atoms with Gasteiger partial charge in [-0.1, -0.05) is 32.0 Å². The van der Waals surface area contributed by atoms with Crippen LogP contribution in [0, 0.1) is 5.41 Å². The van der Waals surface area contributed by atoms with Crippen LogP contribution in [0.3, 0.4) is 0 Å². The second kappa shape index (κ2) is 10.4. The van der Waals surface area contributed by atoms with E-state index < -0.39 is 11.0 Å². The van der Waals surface area contributed by atoms with Gasteiger partial charge < -0.3 is 19.3 Å². The number of anilines is 1. The van der Waals surface area contributed by atoms with Gasteiger partial charge in [0, 0.05) is 57.9 Å². The van der Waals surface area contributed by atoms with Crippen molar-refractivity contribution in [3.05, 3.63) is 29.8 Å². The van der Waals surface area contributed by atoms with Gasteiger partial charge in [-0.05, 0) is 57.6 Å². The van der Waals surface area contributed by atoms with Crippen LogP contribution in [0.2, 0.25) is 0 Å². The van der Waals surface area contributed by atoms with Crippen molar-refractivity contribution in [1.29, 1.82) is 0 Å². The third kappa shape index (κ3) is 6.11. The lowest BCUT2D eigenvalue weighted by atomic mass is 9.76.